The molecule has 0 aliphatic carbocycles. The van der Waals surface area contributed by atoms with Crippen molar-refractivity contribution in [3.8, 4) is 5.75 Å². The number of amides is 1. The second-order valence-corrected chi connectivity index (χ2v) is 7.81. The maximum atomic E-state index is 12.8. The molecule has 0 bridgehead atoms. The number of carbonyl (C=O) groups is 1. The molecule has 2 aromatic carbocycles. The first-order valence-electron chi connectivity index (χ1n) is 8.69. The highest BCUT2D eigenvalue weighted by Gasteiger charge is 2.30. The molecule has 1 heterocycles. The molecule has 2 aromatic rings. The van der Waals surface area contributed by atoms with Crippen molar-refractivity contribution in [3.63, 3.8) is 0 Å². The van der Waals surface area contributed by atoms with Crippen molar-refractivity contribution < 1.29 is 17.9 Å². The number of carbonyl (C=O) groups excluding carboxylic acids is 1. The summed E-state index contributed by atoms with van der Waals surface area (Å²) in [4.78, 5) is 12.8. The van der Waals surface area contributed by atoms with Crippen LogP contribution in [0.25, 0.3) is 0 Å². The molecule has 0 radical (unpaired) electrons. The van der Waals surface area contributed by atoms with E-state index in [2.05, 4.69) is 9.71 Å². The van der Waals surface area contributed by atoms with Crippen molar-refractivity contribution in [2.75, 3.05) is 19.5 Å². The van der Waals surface area contributed by atoms with Crippen LogP contribution >= 0.6 is 0 Å². The third-order valence-electron chi connectivity index (χ3n) is 4.39. The predicted octanol–water partition coefficient (Wildman–Crippen LogP) is 2.76. The van der Waals surface area contributed by atoms with Crippen molar-refractivity contribution in [2.24, 2.45) is 4.40 Å². The molecular formula is C20H21N3O4S. The van der Waals surface area contributed by atoms with Gasteiger partial charge in [0.1, 0.15) is 11.4 Å². The fourth-order valence-corrected chi connectivity index (χ4v) is 3.62. The molecule has 1 amide bonds. The lowest BCUT2D eigenvalue weighted by molar-refractivity contribution is -0.113. The second-order valence-electron chi connectivity index (χ2n) is 6.19. The molecule has 28 heavy (non-hydrogen) atoms. The molecule has 146 valence electrons. The third kappa shape index (κ3) is 4.07. The van der Waals surface area contributed by atoms with Gasteiger partial charge in [-0.2, -0.15) is 8.42 Å². The van der Waals surface area contributed by atoms with Gasteiger partial charge in [0.05, 0.1) is 12.8 Å². The van der Waals surface area contributed by atoms with Crippen molar-refractivity contribution >= 4 is 27.5 Å². The zero-order valence-corrected chi connectivity index (χ0v) is 16.7. The van der Waals surface area contributed by atoms with Gasteiger partial charge in [-0.3, -0.25) is 4.79 Å². The summed E-state index contributed by atoms with van der Waals surface area (Å²) in [6.07, 6.45) is 2.34. The molecule has 1 aliphatic rings. The Bertz CT molecular complexity index is 1060. The van der Waals surface area contributed by atoms with Crippen LogP contribution in [0.4, 0.5) is 5.69 Å². The minimum Gasteiger partial charge on any atom is -0.497 e. The highest BCUT2D eigenvalue weighted by molar-refractivity contribution is 7.88. The molecule has 8 heteroatoms. The lowest BCUT2D eigenvalue weighted by Crippen LogP contribution is -2.35. The lowest BCUT2D eigenvalue weighted by Gasteiger charge is -2.23. The Kier molecular flexibility index (Phi) is 5.51. The van der Waals surface area contributed by atoms with E-state index < -0.39 is 16.1 Å². The Balaban J connectivity index is 1.94. The fourth-order valence-electron chi connectivity index (χ4n) is 2.70. The zero-order chi connectivity index (χ0) is 20.3. The van der Waals surface area contributed by atoms with Gasteiger partial charge >= 0.3 is 10.2 Å². The number of nitrogens with zero attached hydrogens (tertiary/aromatic N) is 2. The van der Waals surface area contributed by atoms with Crippen molar-refractivity contribution in [2.45, 2.75) is 13.3 Å². The van der Waals surface area contributed by atoms with E-state index >= 15 is 0 Å². The van der Waals surface area contributed by atoms with Gasteiger partial charge in [-0.25, -0.2) is 4.31 Å². The topological polar surface area (TPSA) is 88.1 Å². The molecule has 1 aliphatic heterocycles. The number of hydrogen-bond donors (Lipinski definition) is 1. The molecule has 0 fully saturated rings. The summed E-state index contributed by atoms with van der Waals surface area (Å²) in [6, 6.07) is 14.2. The number of methoxy groups -OCH3 is 1. The smallest absolute Gasteiger partial charge is 0.345 e. The lowest BCUT2D eigenvalue weighted by atomic mass is 10.1. The van der Waals surface area contributed by atoms with Gasteiger partial charge in [0, 0.05) is 18.3 Å². The third-order valence-corrected chi connectivity index (χ3v) is 5.71. The van der Waals surface area contributed by atoms with E-state index in [0.717, 1.165) is 16.3 Å². The number of rotatable bonds is 5. The highest BCUT2D eigenvalue weighted by Crippen LogP contribution is 2.23. The number of benzene rings is 2. The van der Waals surface area contributed by atoms with Gasteiger partial charge in [0.25, 0.3) is 5.91 Å². The summed E-state index contributed by atoms with van der Waals surface area (Å²) in [5.41, 5.74) is 2.41. The Labute approximate surface area is 164 Å². The number of allylic oxidation sites excluding steroid dienone is 1. The van der Waals surface area contributed by atoms with Crippen LogP contribution in [0.1, 0.15) is 18.1 Å². The molecule has 0 aromatic heterocycles. The fraction of sp³-hybridized carbons (Fsp3) is 0.200. The van der Waals surface area contributed by atoms with E-state index in [1.165, 1.54) is 20.2 Å². The van der Waals surface area contributed by atoms with Gasteiger partial charge in [-0.05, 0) is 42.3 Å². The number of anilines is 1. The minimum absolute atomic E-state index is 0.0209. The van der Waals surface area contributed by atoms with Gasteiger partial charge in [-0.1, -0.05) is 31.2 Å². The van der Waals surface area contributed by atoms with E-state index in [9.17, 15) is 13.2 Å². The molecule has 0 saturated carbocycles. The quantitative estimate of drug-likeness (QED) is 0.837. The van der Waals surface area contributed by atoms with E-state index in [0.29, 0.717) is 17.0 Å². The van der Waals surface area contributed by atoms with Crippen LogP contribution in [-0.4, -0.2) is 38.5 Å². The summed E-state index contributed by atoms with van der Waals surface area (Å²) in [7, 11) is -1.21. The average molecular weight is 399 g/mol. The number of nitrogens with one attached hydrogen (secondary N) is 1. The van der Waals surface area contributed by atoms with E-state index in [-0.39, 0.29) is 11.4 Å². The van der Waals surface area contributed by atoms with Crippen LogP contribution < -0.4 is 10.1 Å². The maximum Gasteiger partial charge on any atom is 0.345 e. The predicted molar refractivity (Wildman–Crippen MR) is 109 cm³/mol. The molecule has 1 N–H and O–H groups in total. The van der Waals surface area contributed by atoms with Crippen LogP contribution in [0.3, 0.4) is 0 Å². The standard InChI is InChI=1S/C20H21N3O4S/c1-4-14-8-10-16(11-9-14)21-20(24)19-13-18(22-28(25,26)23(19)2)15-6-5-7-17(12-15)27-3/h5-13H,4H2,1-3H3,(H,21,24). The summed E-state index contributed by atoms with van der Waals surface area (Å²) < 4.78 is 34.8. The van der Waals surface area contributed by atoms with Crippen LogP contribution in [0, 0.1) is 0 Å². The molecule has 0 spiro atoms. The first-order valence-corrected chi connectivity index (χ1v) is 10.1. The largest absolute Gasteiger partial charge is 0.497 e. The van der Waals surface area contributed by atoms with Crippen molar-refractivity contribution in [1.82, 2.24) is 4.31 Å². The molecule has 0 unspecified atom stereocenters. The summed E-state index contributed by atoms with van der Waals surface area (Å²) in [6.45, 7) is 2.04. The average Bonchev–Trinajstić information content (AvgIpc) is 2.70. The monoisotopic (exact) mass is 399 g/mol. The maximum absolute atomic E-state index is 12.8. The minimum atomic E-state index is -4.02. The molecule has 0 saturated heterocycles. The normalized spacial score (nSPS) is 15.5. The Morgan fingerprint density at radius 1 is 1.18 bits per heavy atom. The number of hydrogen-bond acceptors (Lipinski definition) is 4. The van der Waals surface area contributed by atoms with Gasteiger partial charge in [-0.15, -0.1) is 4.40 Å². The Morgan fingerprint density at radius 3 is 2.54 bits per heavy atom. The second kappa shape index (κ2) is 7.85. The summed E-state index contributed by atoms with van der Waals surface area (Å²) in [5, 5.41) is 2.73. The Morgan fingerprint density at radius 2 is 1.89 bits per heavy atom. The molecule has 3 rings (SSSR count). The summed E-state index contributed by atoms with van der Waals surface area (Å²) in [5.74, 6) is 0.0255. The van der Waals surface area contributed by atoms with Crippen LogP contribution in [-0.2, 0) is 21.4 Å². The Hall–Kier alpha value is -3.13. The van der Waals surface area contributed by atoms with E-state index in [4.69, 9.17) is 4.74 Å². The number of aryl methyl sites for hydroxylation is 1. The van der Waals surface area contributed by atoms with Gasteiger partial charge < -0.3 is 10.1 Å². The molecule has 0 atom stereocenters. The van der Waals surface area contributed by atoms with Crippen molar-refractivity contribution in [1.29, 1.82) is 0 Å². The highest BCUT2D eigenvalue weighted by atomic mass is 32.2. The van der Waals surface area contributed by atoms with Crippen LogP contribution in [0.2, 0.25) is 0 Å². The first-order chi connectivity index (χ1) is 13.3. The van der Waals surface area contributed by atoms with E-state index in [1.54, 1.807) is 36.4 Å². The SMILES string of the molecule is CCc1ccc(NC(=O)C2=CC(c3cccc(OC)c3)=NS(=O)(=O)N2C)cc1. The number of ether oxygens (including phenoxy) is 1. The zero-order valence-electron chi connectivity index (χ0n) is 15.8. The van der Waals surface area contributed by atoms with Crippen LogP contribution in [0.15, 0.2) is 64.7 Å². The first kappa shape index (κ1) is 19.6. The van der Waals surface area contributed by atoms with Crippen LogP contribution in [0.5, 0.6) is 5.75 Å². The molecule has 7 nitrogen and oxygen atoms in total. The van der Waals surface area contributed by atoms with Gasteiger partial charge in [0.15, 0.2) is 0 Å². The van der Waals surface area contributed by atoms with Gasteiger partial charge in [0.2, 0.25) is 0 Å². The molecular weight excluding hydrogens is 378 g/mol. The van der Waals surface area contributed by atoms with E-state index in [1.807, 2.05) is 19.1 Å². The van der Waals surface area contributed by atoms with Crippen molar-refractivity contribution in [3.05, 3.63) is 71.4 Å². The summed E-state index contributed by atoms with van der Waals surface area (Å²) >= 11 is 0. The number of likely N-dealkylation sites (N-methyl/N-ethyl adjacent to an activating group) is 1.